The van der Waals surface area contributed by atoms with E-state index in [1.807, 2.05) is 12.1 Å². The van der Waals surface area contributed by atoms with Crippen LogP contribution in [0.1, 0.15) is 9.75 Å². The van der Waals surface area contributed by atoms with Gasteiger partial charge in [0.15, 0.2) is 0 Å². The molecule has 0 amide bonds. The lowest BCUT2D eigenvalue weighted by Crippen LogP contribution is -1.77. The van der Waals surface area contributed by atoms with Crippen LogP contribution in [0.2, 0.25) is 0 Å². The van der Waals surface area contributed by atoms with Crippen LogP contribution in [-0.4, -0.2) is 7.11 Å². The quantitative estimate of drug-likeness (QED) is 0.667. The van der Waals surface area contributed by atoms with Gasteiger partial charge in [-0.2, -0.15) is 5.26 Å². The van der Waals surface area contributed by atoms with Gasteiger partial charge in [-0.3, -0.25) is 0 Å². The summed E-state index contributed by atoms with van der Waals surface area (Å²) in [6.45, 7) is 3.72. The van der Waals surface area contributed by atoms with Gasteiger partial charge in [0.2, 0.25) is 0 Å². The van der Waals surface area contributed by atoms with Crippen LogP contribution in [0.5, 0.6) is 0 Å². The van der Waals surface area contributed by atoms with Gasteiger partial charge in [0.25, 0.3) is 0 Å². The summed E-state index contributed by atoms with van der Waals surface area (Å²) in [6.07, 6.45) is 0.460. The van der Waals surface area contributed by atoms with E-state index in [0.29, 0.717) is 12.2 Å². The van der Waals surface area contributed by atoms with Crippen molar-refractivity contribution in [1.29, 1.82) is 5.26 Å². The molecule has 0 saturated heterocycles. The second-order valence-electron chi connectivity index (χ2n) is 2.23. The maximum Gasteiger partial charge on any atom is 0.128 e. The summed E-state index contributed by atoms with van der Waals surface area (Å²) in [7, 11) is 1.59. The van der Waals surface area contributed by atoms with E-state index >= 15 is 0 Å². The van der Waals surface area contributed by atoms with Gasteiger partial charge in [-0.05, 0) is 12.1 Å². The Balaban J connectivity index is 2.78. The molecular formula is C9H9NOS. The first kappa shape index (κ1) is 8.82. The number of rotatable bonds is 3. The van der Waals surface area contributed by atoms with E-state index in [4.69, 9.17) is 10.00 Å². The molecule has 3 heteroatoms. The summed E-state index contributed by atoms with van der Waals surface area (Å²) in [5.41, 5.74) is 0. The minimum Gasteiger partial charge on any atom is -0.496 e. The van der Waals surface area contributed by atoms with Crippen LogP contribution in [-0.2, 0) is 11.2 Å². The lowest BCUT2D eigenvalue weighted by Gasteiger charge is -1.97. The highest BCUT2D eigenvalue weighted by molar-refractivity contribution is 7.13. The van der Waals surface area contributed by atoms with Gasteiger partial charge in [0.05, 0.1) is 24.5 Å². The SMILES string of the molecule is C=C(OC)c1ccc(CC#N)s1. The summed E-state index contributed by atoms with van der Waals surface area (Å²) in [4.78, 5) is 2.04. The van der Waals surface area contributed by atoms with Crippen LogP contribution in [0.15, 0.2) is 18.7 Å². The van der Waals surface area contributed by atoms with E-state index in [0.717, 1.165) is 9.75 Å². The fourth-order valence-electron chi connectivity index (χ4n) is 0.801. The molecule has 1 aromatic rings. The van der Waals surface area contributed by atoms with Crippen molar-refractivity contribution < 1.29 is 4.74 Å². The zero-order valence-electron chi connectivity index (χ0n) is 6.83. The maximum atomic E-state index is 8.43. The summed E-state index contributed by atoms with van der Waals surface area (Å²) < 4.78 is 4.96. The number of nitriles is 1. The number of thiophene rings is 1. The van der Waals surface area contributed by atoms with Crippen molar-refractivity contribution in [1.82, 2.24) is 0 Å². The monoisotopic (exact) mass is 179 g/mol. The molecule has 0 saturated carbocycles. The van der Waals surface area contributed by atoms with E-state index < -0.39 is 0 Å². The normalized spacial score (nSPS) is 9.00. The Hall–Kier alpha value is -1.27. The lowest BCUT2D eigenvalue weighted by atomic mass is 10.3. The largest absolute Gasteiger partial charge is 0.496 e. The first-order chi connectivity index (χ1) is 5.77. The van der Waals surface area contributed by atoms with Crippen molar-refractivity contribution in [2.24, 2.45) is 0 Å². The molecule has 0 aliphatic carbocycles. The summed E-state index contributed by atoms with van der Waals surface area (Å²) >= 11 is 1.54. The first-order valence-electron chi connectivity index (χ1n) is 3.47. The van der Waals surface area contributed by atoms with Crippen LogP contribution in [0.3, 0.4) is 0 Å². The van der Waals surface area contributed by atoms with Crippen molar-refractivity contribution in [3.63, 3.8) is 0 Å². The van der Waals surface area contributed by atoms with Crippen molar-refractivity contribution in [3.8, 4) is 6.07 Å². The molecule has 0 aliphatic rings. The molecule has 0 bridgehead atoms. The molecule has 0 aliphatic heterocycles. The Kier molecular flexibility index (Phi) is 2.89. The molecule has 0 spiro atoms. The summed E-state index contributed by atoms with van der Waals surface area (Å²) in [5, 5.41) is 8.43. The third-order valence-electron chi connectivity index (χ3n) is 1.44. The molecule has 0 N–H and O–H groups in total. The molecule has 0 unspecified atom stereocenters. The predicted molar refractivity (Wildman–Crippen MR) is 49.7 cm³/mol. The molecule has 62 valence electrons. The standard InChI is InChI=1S/C9H9NOS/c1-7(11-2)9-4-3-8(12-9)5-6-10/h3-4H,1,5H2,2H3. The molecule has 0 atom stereocenters. The summed E-state index contributed by atoms with van der Waals surface area (Å²) in [6, 6.07) is 5.94. The van der Waals surface area contributed by atoms with E-state index in [-0.39, 0.29) is 0 Å². The zero-order valence-corrected chi connectivity index (χ0v) is 7.65. The highest BCUT2D eigenvalue weighted by atomic mass is 32.1. The molecule has 12 heavy (non-hydrogen) atoms. The predicted octanol–water partition coefficient (Wildman–Crippen LogP) is 2.43. The minimum absolute atomic E-state index is 0.460. The van der Waals surface area contributed by atoms with E-state index in [1.165, 1.54) is 0 Å². The van der Waals surface area contributed by atoms with Crippen LogP contribution in [0.25, 0.3) is 5.76 Å². The number of nitrogens with zero attached hydrogens (tertiary/aromatic N) is 1. The van der Waals surface area contributed by atoms with Gasteiger partial charge in [-0.25, -0.2) is 0 Å². The van der Waals surface area contributed by atoms with Gasteiger partial charge >= 0.3 is 0 Å². The van der Waals surface area contributed by atoms with Crippen molar-refractivity contribution in [2.75, 3.05) is 7.11 Å². The third-order valence-corrected chi connectivity index (χ3v) is 2.56. The highest BCUT2D eigenvalue weighted by Crippen LogP contribution is 2.23. The Bertz CT molecular complexity index is 322. The molecular weight excluding hydrogens is 170 g/mol. The van der Waals surface area contributed by atoms with Gasteiger partial charge in [-0.15, -0.1) is 11.3 Å². The van der Waals surface area contributed by atoms with Gasteiger partial charge in [0, 0.05) is 4.88 Å². The van der Waals surface area contributed by atoms with Crippen LogP contribution < -0.4 is 0 Å². The topological polar surface area (TPSA) is 33.0 Å². The highest BCUT2D eigenvalue weighted by Gasteiger charge is 2.02. The minimum atomic E-state index is 0.460. The molecule has 1 heterocycles. The van der Waals surface area contributed by atoms with Gasteiger partial charge in [0.1, 0.15) is 5.76 Å². The second-order valence-corrected chi connectivity index (χ2v) is 3.40. The lowest BCUT2D eigenvalue weighted by molar-refractivity contribution is 0.372. The summed E-state index contributed by atoms with van der Waals surface area (Å²) in [5.74, 6) is 0.657. The van der Waals surface area contributed by atoms with Crippen LogP contribution >= 0.6 is 11.3 Å². The third kappa shape index (κ3) is 1.86. The average Bonchev–Trinajstić information content (AvgIpc) is 2.52. The first-order valence-corrected chi connectivity index (χ1v) is 4.28. The molecule has 0 radical (unpaired) electrons. The molecule has 1 rings (SSSR count). The molecule has 2 nitrogen and oxygen atoms in total. The number of methoxy groups -OCH3 is 1. The van der Waals surface area contributed by atoms with Crippen LogP contribution in [0.4, 0.5) is 0 Å². The molecule has 0 fully saturated rings. The Morgan fingerprint density at radius 1 is 1.75 bits per heavy atom. The second kappa shape index (κ2) is 3.93. The van der Waals surface area contributed by atoms with Crippen molar-refractivity contribution >= 4 is 17.1 Å². The number of hydrogen-bond acceptors (Lipinski definition) is 3. The Labute approximate surface area is 75.7 Å². The number of hydrogen-bond donors (Lipinski definition) is 0. The Morgan fingerprint density at radius 2 is 2.50 bits per heavy atom. The average molecular weight is 179 g/mol. The zero-order chi connectivity index (χ0) is 8.97. The van der Waals surface area contributed by atoms with Crippen molar-refractivity contribution in [3.05, 3.63) is 28.5 Å². The molecule has 0 aromatic carbocycles. The maximum absolute atomic E-state index is 8.43. The smallest absolute Gasteiger partial charge is 0.128 e. The van der Waals surface area contributed by atoms with E-state index in [1.54, 1.807) is 18.4 Å². The van der Waals surface area contributed by atoms with E-state index in [2.05, 4.69) is 12.6 Å². The van der Waals surface area contributed by atoms with Crippen molar-refractivity contribution in [2.45, 2.75) is 6.42 Å². The van der Waals surface area contributed by atoms with Gasteiger partial charge in [-0.1, -0.05) is 6.58 Å². The van der Waals surface area contributed by atoms with E-state index in [9.17, 15) is 0 Å². The fourth-order valence-corrected chi connectivity index (χ4v) is 1.69. The Morgan fingerprint density at radius 3 is 3.08 bits per heavy atom. The fraction of sp³-hybridized carbons (Fsp3) is 0.222. The van der Waals surface area contributed by atoms with Crippen LogP contribution in [0, 0.1) is 11.3 Å². The number of ether oxygens (including phenoxy) is 1. The van der Waals surface area contributed by atoms with Gasteiger partial charge < -0.3 is 4.74 Å². The molecule has 1 aromatic heterocycles.